The SMILES string of the molecule is C[C@@H]1CN(Cc2ccc(C3CN(C(=O)NCc4ccc(C(=O)NN)cc4F)CCS3)cc2)C[C@H](C)N1Cc1ccccc1. The van der Waals surface area contributed by atoms with Gasteiger partial charge in [-0.15, -0.1) is 0 Å². The summed E-state index contributed by atoms with van der Waals surface area (Å²) in [6.07, 6.45) is 0. The molecule has 0 aromatic heterocycles. The average Bonchev–Trinajstić information content (AvgIpc) is 3.02. The zero-order valence-corrected chi connectivity index (χ0v) is 25.7. The number of nitrogen functional groups attached to an aromatic ring is 1. The van der Waals surface area contributed by atoms with Crippen molar-refractivity contribution in [1.82, 2.24) is 25.4 Å². The molecule has 228 valence electrons. The molecular weight excluding hydrogens is 563 g/mol. The van der Waals surface area contributed by atoms with E-state index in [0.717, 1.165) is 38.0 Å². The van der Waals surface area contributed by atoms with Crippen LogP contribution in [-0.4, -0.2) is 70.7 Å². The number of halogens is 1. The zero-order chi connectivity index (χ0) is 30.3. The lowest BCUT2D eigenvalue weighted by Gasteiger charge is -2.44. The van der Waals surface area contributed by atoms with E-state index >= 15 is 0 Å². The summed E-state index contributed by atoms with van der Waals surface area (Å²) in [6, 6.07) is 24.4. The van der Waals surface area contributed by atoms with Gasteiger partial charge in [-0.2, -0.15) is 11.8 Å². The largest absolute Gasteiger partial charge is 0.334 e. The summed E-state index contributed by atoms with van der Waals surface area (Å²) in [5.74, 6) is 4.82. The van der Waals surface area contributed by atoms with Crippen LogP contribution in [0.3, 0.4) is 0 Å². The molecule has 0 saturated carbocycles. The Morgan fingerprint density at radius 3 is 2.30 bits per heavy atom. The Labute approximate surface area is 257 Å². The minimum atomic E-state index is -0.569. The summed E-state index contributed by atoms with van der Waals surface area (Å²) in [5.41, 5.74) is 6.29. The molecule has 3 atom stereocenters. The van der Waals surface area contributed by atoms with Gasteiger partial charge in [0.2, 0.25) is 0 Å². The van der Waals surface area contributed by atoms with E-state index in [2.05, 4.69) is 83.6 Å². The van der Waals surface area contributed by atoms with Crippen LogP contribution in [0.4, 0.5) is 9.18 Å². The second kappa shape index (κ2) is 14.4. The maximum atomic E-state index is 14.4. The van der Waals surface area contributed by atoms with Crippen molar-refractivity contribution < 1.29 is 14.0 Å². The van der Waals surface area contributed by atoms with Crippen molar-refractivity contribution in [3.8, 4) is 0 Å². The molecule has 2 saturated heterocycles. The van der Waals surface area contributed by atoms with E-state index in [1.54, 1.807) is 4.90 Å². The molecule has 3 amide bonds. The van der Waals surface area contributed by atoms with Crippen LogP contribution in [0.5, 0.6) is 0 Å². The molecule has 2 heterocycles. The van der Waals surface area contributed by atoms with Gasteiger partial charge < -0.3 is 10.2 Å². The lowest BCUT2D eigenvalue weighted by molar-refractivity contribution is 0.0290. The predicted octanol–water partition coefficient (Wildman–Crippen LogP) is 4.52. The van der Waals surface area contributed by atoms with Crippen LogP contribution >= 0.6 is 11.8 Å². The number of carbonyl (C=O) groups excluding carboxylic acids is 2. The van der Waals surface area contributed by atoms with Crippen molar-refractivity contribution in [1.29, 1.82) is 0 Å². The number of thioether (sulfide) groups is 1. The van der Waals surface area contributed by atoms with Crippen LogP contribution in [0, 0.1) is 5.82 Å². The highest BCUT2D eigenvalue weighted by Crippen LogP contribution is 2.33. The van der Waals surface area contributed by atoms with Gasteiger partial charge in [0.15, 0.2) is 0 Å². The first-order valence-electron chi connectivity index (χ1n) is 14.9. The van der Waals surface area contributed by atoms with Crippen LogP contribution in [0.2, 0.25) is 0 Å². The number of hydrogen-bond acceptors (Lipinski definition) is 6. The average molecular weight is 605 g/mol. The van der Waals surface area contributed by atoms with Crippen LogP contribution in [-0.2, 0) is 19.6 Å². The molecular formula is C33H41FN6O2S. The first-order chi connectivity index (χ1) is 20.8. The third-order valence-electron chi connectivity index (χ3n) is 8.37. The summed E-state index contributed by atoms with van der Waals surface area (Å²) in [4.78, 5) is 31.5. The monoisotopic (exact) mass is 604 g/mol. The smallest absolute Gasteiger partial charge is 0.317 e. The Kier molecular flexibility index (Phi) is 10.3. The van der Waals surface area contributed by atoms with E-state index in [4.69, 9.17) is 5.84 Å². The highest BCUT2D eigenvalue weighted by Gasteiger charge is 2.30. The number of rotatable bonds is 8. The Balaban J connectivity index is 1.11. The fourth-order valence-electron chi connectivity index (χ4n) is 6.03. The number of piperazine rings is 1. The zero-order valence-electron chi connectivity index (χ0n) is 24.8. The van der Waals surface area contributed by atoms with Crippen molar-refractivity contribution in [2.24, 2.45) is 5.84 Å². The maximum absolute atomic E-state index is 14.4. The summed E-state index contributed by atoms with van der Waals surface area (Å²) < 4.78 is 14.4. The van der Waals surface area contributed by atoms with E-state index in [1.807, 2.05) is 17.2 Å². The van der Waals surface area contributed by atoms with Gasteiger partial charge in [0.1, 0.15) is 5.82 Å². The third kappa shape index (κ3) is 7.94. The fraction of sp³-hybridized carbons (Fsp3) is 0.394. The van der Waals surface area contributed by atoms with Gasteiger partial charge >= 0.3 is 6.03 Å². The van der Waals surface area contributed by atoms with E-state index in [-0.39, 0.29) is 23.4 Å². The van der Waals surface area contributed by atoms with Crippen LogP contribution < -0.4 is 16.6 Å². The summed E-state index contributed by atoms with van der Waals surface area (Å²) in [7, 11) is 0. The number of carbonyl (C=O) groups is 2. The number of nitrogens with one attached hydrogen (secondary N) is 2. The fourth-order valence-corrected chi connectivity index (χ4v) is 7.28. The predicted molar refractivity (Wildman–Crippen MR) is 170 cm³/mol. The van der Waals surface area contributed by atoms with Crippen LogP contribution in [0.25, 0.3) is 0 Å². The third-order valence-corrected chi connectivity index (χ3v) is 9.61. The van der Waals surface area contributed by atoms with Gasteiger partial charge in [-0.05, 0) is 42.7 Å². The molecule has 3 aromatic carbocycles. The number of urea groups is 1. The maximum Gasteiger partial charge on any atom is 0.317 e. The number of benzene rings is 3. The van der Waals surface area contributed by atoms with Crippen LogP contribution in [0.1, 0.15) is 51.7 Å². The first-order valence-corrected chi connectivity index (χ1v) is 15.9. The van der Waals surface area contributed by atoms with Crippen molar-refractivity contribution in [3.63, 3.8) is 0 Å². The van der Waals surface area contributed by atoms with Gasteiger partial charge in [-0.1, -0.05) is 60.7 Å². The van der Waals surface area contributed by atoms with Crippen molar-refractivity contribution in [3.05, 3.63) is 106 Å². The Morgan fingerprint density at radius 2 is 1.63 bits per heavy atom. The molecule has 43 heavy (non-hydrogen) atoms. The first kappa shape index (κ1) is 31.0. The van der Waals surface area contributed by atoms with Gasteiger partial charge in [-0.3, -0.25) is 20.0 Å². The Morgan fingerprint density at radius 1 is 0.930 bits per heavy atom. The van der Waals surface area contributed by atoms with Crippen molar-refractivity contribution >= 4 is 23.7 Å². The highest BCUT2D eigenvalue weighted by molar-refractivity contribution is 7.99. The highest BCUT2D eigenvalue weighted by atomic mass is 32.2. The number of nitrogens with zero attached hydrogens (tertiary/aromatic N) is 3. The van der Waals surface area contributed by atoms with E-state index in [0.29, 0.717) is 30.7 Å². The van der Waals surface area contributed by atoms with Gasteiger partial charge in [-0.25, -0.2) is 15.0 Å². The molecule has 0 radical (unpaired) electrons. The van der Waals surface area contributed by atoms with E-state index in [1.165, 1.54) is 28.8 Å². The van der Waals surface area contributed by atoms with Gasteiger partial charge in [0.25, 0.3) is 5.91 Å². The van der Waals surface area contributed by atoms with Crippen LogP contribution in [0.15, 0.2) is 72.8 Å². The van der Waals surface area contributed by atoms with Crippen molar-refractivity contribution in [2.75, 3.05) is 31.9 Å². The number of hydrogen-bond donors (Lipinski definition) is 3. The van der Waals surface area contributed by atoms with Gasteiger partial charge in [0, 0.05) is 80.0 Å². The Hall–Kier alpha value is -3.44. The molecule has 1 unspecified atom stereocenters. The molecule has 2 fully saturated rings. The lowest BCUT2D eigenvalue weighted by Crippen LogP contribution is -2.55. The quantitative estimate of drug-likeness (QED) is 0.199. The van der Waals surface area contributed by atoms with Gasteiger partial charge in [0.05, 0.1) is 0 Å². The summed E-state index contributed by atoms with van der Waals surface area (Å²) in [6.45, 7) is 9.90. The number of amides is 3. The number of nitrogens with two attached hydrogens (primary N) is 1. The molecule has 10 heteroatoms. The van der Waals surface area contributed by atoms with E-state index < -0.39 is 11.7 Å². The topological polar surface area (TPSA) is 93.9 Å². The minimum Gasteiger partial charge on any atom is -0.334 e. The molecule has 0 aliphatic carbocycles. The Bertz CT molecular complexity index is 1380. The molecule has 8 nitrogen and oxygen atoms in total. The molecule has 4 N–H and O–H groups in total. The number of hydrazine groups is 1. The normalized spacial score (nSPS) is 21.4. The molecule has 5 rings (SSSR count). The molecule has 0 bridgehead atoms. The standard InChI is InChI=1S/C33H41FN6O2S/c1-23-18-38(19-24(2)40(23)21-25-6-4-3-5-7-25)20-26-8-10-27(11-9-26)31-22-39(14-15-43-31)33(42)36-17-29-13-12-28(16-30(29)34)32(41)37-35/h3-13,16,23-24,31H,14-15,17-22,35H2,1-2H3,(H,36,42)(H,37,41)/t23-,24+,31?. The van der Waals surface area contributed by atoms with E-state index in [9.17, 15) is 14.0 Å². The summed E-state index contributed by atoms with van der Waals surface area (Å²) in [5, 5.41) is 3.01. The van der Waals surface area contributed by atoms with Crippen molar-refractivity contribution in [2.45, 2.75) is 50.8 Å². The lowest BCUT2D eigenvalue weighted by atomic mass is 10.0. The molecule has 3 aromatic rings. The summed E-state index contributed by atoms with van der Waals surface area (Å²) >= 11 is 1.86. The minimum absolute atomic E-state index is 0.0376. The molecule has 0 spiro atoms. The second-order valence-electron chi connectivity index (χ2n) is 11.5. The molecule has 2 aliphatic heterocycles. The second-order valence-corrected chi connectivity index (χ2v) is 12.8. The molecule has 2 aliphatic rings.